The number of hydrogen-bond donors (Lipinski definition) is 1. The fourth-order valence-electron chi connectivity index (χ4n) is 2.77. The Kier molecular flexibility index (Phi) is 8.36. The van der Waals surface area contributed by atoms with Crippen molar-refractivity contribution in [2.24, 2.45) is 0 Å². The maximum atomic E-state index is 14.4. The first-order valence-electron chi connectivity index (χ1n) is 8.92. The predicted molar refractivity (Wildman–Crippen MR) is 99.6 cm³/mol. The second-order valence-electron chi connectivity index (χ2n) is 6.52. The number of hydrogen-bond acceptors (Lipinski definition) is 3. The monoisotopic (exact) mass is 377 g/mol. The molecule has 0 spiro atoms. The lowest BCUT2D eigenvalue weighted by Gasteiger charge is -2.27. The Morgan fingerprint density at radius 2 is 1.48 bits per heavy atom. The fraction of sp³-hybridized carbons (Fsp3) is 0.381. The molecule has 4 nitrogen and oxygen atoms in total. The summed E-state index contributed by atoms with van der Waals surface area (Å²) in [4.78, 5) is 12.1. The first-order chi connectivity index (χ1) is 12.9. The minimum Gasteiger partial charge on any atom is -0.481 e. The summed E-state index contributed by atoms with van der Waals surface area (Å²) in [5.41, 5.74) is 1.93. The van der Waals surface area contributed by atoms with Crippen LogP contribution in [-0.2, 0) is 22.6 Å². The molecule has 6 heteroatoms. The molecule has 0 aliphatic carbocycles. The molecule has 0 aromatic heterocycles. The zero-order chi connectivity index (χ0) is 19.5. The van der Waals surface area contributed by atoms with Gasteiger partial charge in [-0.05, 0) is 17.5 Å². The van der Waals surface area contributed by atoms with Crippen LogP contribution in [0.2, 0.25) is 0 Å². The maximum Gasteiger partial charge on any atom is 0.303 e. The lowest BCUT2D eigenvalue weighted by atomic mass is 10.1. The van der Waals surface area contributed by atoms with Gasteiger partial charge in [-0.2, -0.15) is 0 Å². The van der Waals surface area contributed by atoms with Crippen LogP contribution in [0.15, 0.2) is 60.7 Å². The normalized spacial score (nSPS) is 11.7. The average molecular weight is 377 g/mol. The Hall–Kier alpha value is -2.31. The van der Waals surface area contributed by atoms with E-state index >= 15 is 0 Å². The molecule has 1 N–H and O–H groups in total. The fourth-order valence-corrected chi connectivity index (χ4v) is 2.77. The van der Waals surface area contributed by atoms with Gasteiger partial charge in [0.15, 0.2) is 0 Å². The molecule has 0 aliphatic rings. The Bertz CT molecular complexity index is 639. The Balaban J connectivity index is 1.93. The summed E-state index contributed by atoms with van der Waals surface area (Å²) in [5, 5.41) is 8.56. The van der Waals surface area contributed by atoms with Gasteiger partial charge in [0.1, 0.15) is 6.61 Å². The van der Waals surface area contributed by atoms with E-state index in [0.717, 1.165) is 11.1 Å². The smallest absolute Gasteiger partial charge is 0.303 e. The van der Waals surface area contributed by atoms with Crippen LogP contribution in [0, 0.1) is 0 Å². The summed E-state index contributed by atoms with van der Waals surface area (Å²) >= 11 is 0. The third-order valence-corrected chi connectivity index (χ3v) is 3.95. The van der Waals surface area contributed by atoms with Gasteiger partial charge in [-0.3, -0.25) is 9.69 Å². The molecule has 0 radical (unpaired) electrons. The number of alkyl halides is 2. The summed E-state index contributed by atoms with van der Waals surface area (Å²) in [5.74, 6) is -3.98. The topological polar surface area (TPSA) is 49.8 Å². The zero-order valence-corrected chi connectivity index (χ0v) is 15.2. The van der Waals surface area contributed by atoms with E-state index in [1.807, 2.05) is 60.7 Å². The Labute approximate surface area is 158 Å². The number of carbonyl (C=O) groups is 1. The van der Waals surface area contributed by atoms with E-state index < -0.39 is 25.0 Å². The summed E-state index contributed by atoms with van der Waals surface area (Å²) in [6, 6.07) is 19.0. The highest BCUT2D eigenvalue weighted by Crippen LogP contribution is 2.20. The van der Waals surface area contributed by atoms with Gasteiger partial charge in [0.25, 0.3) is 5.92 Å². The van der Waals surface area contributed by atoms with E-state index in [1.165, 1.54) is 0 Å². The van der Waals surface area contributed by atoms with Crippen molar-refractivity contribution < 1.29 is 23.4 Å². The summed E-state index contributed by atoms with van der Waals surface area (Å²) in [6.45, 7) is -0.323. The van der Waals surface area contributed by atoms with Crippen molar-refractivity contribution in [2.45, 2.75) is 31.9 Å². The van der Waals surface area contributed by atoms with Crippen molar-refractivity contribution in [3.63, 3.8) is 0 Å². The molecule has 0 saturated heterocycles. The third-order valence-electron chi connectivity index (χ3n) is 3.95. The van der Waals surface area contributed by atoms with Gasteiger partial charge in [-0.25, -0.2) is 8.78 Å². The molecule has 2 rings (SSSR count). The first kappa shape index (κ1) is 21.0. The van der Waals surface area contributed by atoms with Crippen molar-refractivity contribution in [3.8, 4) is 0 Å². The molecule has 0 saturated carbocycles. The molecule has 0 unspecified atom stereocenters. The highest BCUT2D eigenvalue weighted by atomic mass is 19.3. The van der Waals surface area contributed by atoms with Crippen LogP contribution in [0.1, 0.15) is 24.0 Å². The largest absolute Gasteiger partial charge is 0.481 e. The second-order valence-corrected chi connectivity index (χ2v) is 6.52. The quantitative estimate of drug-likeness (QED) is 0.563. The van der Waals surface area contributed by atoms with Gasteiger partial charge < -0.3 is 9.84 Å². The lowest BCUT2D eigenvalue weighted by Crippen LogP contribution is -2.39. The maximum absolute atomic E-state index is 14.4. The van der Waals surface area contributed by atoms with Gasteiger partial charge in [-0.15, -0.1) is 0 Å². The predicted octanol–water partition coefficient (Wildman–Crippen LogP) is 4.21. The van der Waals surface area contributed by atoms with Crippen molar-refractivity contribution in [2.75, 3.05) is 19.8 Å². The molecule has 2 aromatic rings. The summed E-state index contributed by atoms with van der Waals surface area (Å²) < 4.78 is 33.8. The number of ether oxygens (including phenoxy) is 1. The van der Waals surface area contributed by atoms with E-state index in [9.17, 15) is 13.6 Å². The molecule has 0 amide bonds. The molecule has 27 heavy (non-hydrogen) atoms. The van der Waals surface area contributed by atoms with E-state index in [-0.39, 0.29) is 19.4 Å². The average Bonchev–Trinajstić information content (AvgIpc) is 2.62. The highest BCUT2D eigenvalue weighted by molar-refractivity contribution is 5.66. The minimum atomic E-state index is -3.02. The Morgan fingerprint density at radius 1 is 0.963 bits per heavy atom. The molecule has 0 heterocycles. The van der Waals surface area contributed by atoms with Gasteiger partial charge >= 0.3 is 5.97 Å². The van der Waals surface area contributed by atoms with Crippen molar-refractivity contribution >= 4 is 5.97 Å². The molecule has 146 valence electrons. The van der Waals surface area contributed by atoms with Crippen LogP contribution in [0.3, 0.4) is 0 Å². The van der Waals surface area contributed by atoms with Crippen molar-refractivity contribution in [3.05, 3.63) is 71.8 Å². The van der Waals surface area contributed by atoms with E-state index in [4.69, 9.17) is 9.84 Å². The third kappa shape index (κ3) is 8.75. The number of carboxylic acid groups (broad SMARTS) is 1. The van der Waals surface area contributed by atoms with E-state index in [2.05, 4.69) is 0 Å². The van der Waals surface area contributed by atoms with Crippen LogP contribution in [0.5, 0.6) is 0 Å². The first-order valence-corrected chi connectivity index (χ1v) is 8.92. The molecule has 0 atom stereocenters. The van der Waals surface area contributed by atoms with Crippen LogP contribution in [0.25, 0.3) is 0 Å². The molecule has 0 fully saturated rings. The molecule has 2 aromatic carbocycles. The number of nitrogens with zero attached hydrogens (tertiary/aromatic N) is 1. The second kappa shape index (κ2) is 10.7. The van der Waals surface area contributed by atoms with Crippen LogP contribution < -0.4 is 0 Å². The number of rotatable bonds is 12. The van der Waals surface area contributed by atoms with Crippen LogP contribution in [0.4, 0.5) is 8.78 Å². The van der Waals surface area contributed by atoms with Gasteiger partial charge in [0.05, 0.1) is 6.54 Å². The lowest BCUT2D eigenvalue weighted by molar-refractivity contribution is -0.137. The van der Waals surface area contributed by atoms with E-state index in [1.54, 1.807) is 4.90 Å². The van der Waals surface area contributed by atoms with Crippen LogP contribution in [-0.4, -0.2) is 41.7 Å². The SMILES string of the molecule is O=C(O)CCCOCC(F)(F)CN(Cc1ccccc1)Cc1ccccc1. The zero-order valence-electron chi connectivity index (χ0n) is 15.2. The molecule has 0 bridgehead atoms. The number of halogens is 2. The van der Waals surface area contributed by atoms with Crippen LogP contribution >= 0.6 is 0 Å². The number of benzene rings is 2. The van der Waals surface area contributed by atoms with Crippen molar-refractivity contribution in [1.82, 2.24) is 4.90 Å². The molecular weight excluding hydrogens is 352 g/mol. The van der Waals surface area contributed by atoms with Gasteiger partial charge in [0.2, 0.25) is 0 Å². The van der Waals surface area contributed by atoms with Crippen molar-refractivity contribution in [1.29, 1.82) is 0 Å². The van der Waals surface area contributed by atoms with Gasteiger partial charge in [-0.1, -0.05) is 60.7 Å². The van der Waals surface area contributed by atoms with E-state index in [0.29, 0.717) is 13.1 Å². The molecule has 0 aliphatic heterocycles. The highest BCUT2D eigenvalue weighted by Gasteiger charge is 2.32. The summed E-state index contributed by atoms with van der Waals surface area (Å²) in [6.07, 6.45) is 0.142. The summed E-state index contributed by atoms with van der Waals surface area (Å²) in [7, 11) is 0. The molecular formula is C21H25F2NO3. The number of carboxylic acids is 1. The Morgan fingerprint density at radius 3 is 1.96 bits per heavy atom. The number of aliphatic carboxylic acids is 1. The minimum absolute atomic E-state index is 0.0132. The van der Waals surface area contributed by atoms with Gasteiger partial charge in [0, 0.05) is 26.1 Å². The standard InChI is InChI=1S/C21H25F2NO3/c22-21(23,17-27-13-7-12-20(25)26)16-24(14-18-8-3-1-4-9-18)15-19-10-5-2-6-11-19/h1-6,8-11H,7,12-17H2,(H,25,26).